The van der Waals surface area contributed by atoms with Crippen LogP contribution in [0.25, 0.3) is 0 Å². The van der Waals surface area contributed by atoms with E-state index in [0.717, 1.165) is 43.6 Å². The number of ketones is 2. The number of carbonyl (C=O) groups is 3. The van der Waals surface area contributed by atoms with Gasteiger partial charge >= 0.3 is 0 Å². The number of likely N-dealkylation sites (N-methyl/N-ethyl adjacent to an activating group) is 1. The first kappa shape index (κ1) is 21.6. The van der Waals surface area contributed by atoms with Crippen LogP contribution in [0, 0.1) is 0 Å². The summed E-state index contributed by atoms with van der Waals surface area (Å²) in [6.45, 7) is 2.63. The molecule has 0 bridgehead atoms. The van der Waals surface area contributed by atoms with Gasteiger partial charge in [-0.3, -0.25) is 14.4 Å². The van der Waals surface area contributed by atoms with Crippen molar-refractivity contribution in [3.8, 4) is 5.75 Å². The van der Waals surface area contributed by atoms with Gasteiger partial charge in [0.1, 0.15) is 5.75 Å². The minimum Gasteiger partial charge on any atom is -0.483 e. The second-order valence-electron chi connectivity index (χ2n) is 8.10. The zero-order valence-electron chi connectivity index (χ0n) is 17.9. The molecule has 2 aliphatic carbocycles. The number of nitrogens with zero attached hydrogens (tertiary/aromatic N) is 1. The average molecular weight is 443 g/mol. The molecular formula is C24H27ClN2O4. The van der Waals surface area contributed by atoms with E-state index in [4.69, 9.17) is 16.3 Å². The SMILES string of the molecule is CCN1C2=C(C(=O)CCC2)C(c2cc(Cl)ccc2OCC(=O)NC)C2=C1CCCC2=O. The van der Waals surface area contributed by atoms with Gasteiger partial charge in [-0.2, -0.15) is 0 Å². The van der Waals surface area contributed by atoms with Crippen LogP contribution in [0.1, 0.15) is 56.9 Å². The summed E-state index contributed by atoms with van der Waals surface area (Å²) in [4.78, 5) is 40.4. The molecule has 0 fully saturated rings. The van der Waals surface area contributed by atoms with Gasteiger partial charge in [0.25, 0.3) is 5.91 Å². The molecule has 1 heterocycles. The monoisotopic (exact) mass is 442 g/mol. The Labute approximate surface area is 187 Å². The first-order valence-electron chi connectivity index (χ1n) is 10.9. The fraction of sp³-hybridized carbons (Fsp3) is 0.458. The first-order chi connectivity index (χ1) is 15.0. The fourth-order valence-corrected chi connectivity index (χ4v) is 5.18. The molecule has 164 valence electrons. The maximum absolute atomic E-state index is 13.2. The summed E-state index contributed by atoms with van der Waals surface area (Å²) in [5, 5.41) is 3.04. The molecule has 3 aliphatic rings. The number of nitrogens with one attached hydrogen (secondary N) is 1. The van der Waals surface area contributed by atoms with Crippen molar-refractivity contribution in [1.29, 1.82) is 0 Å². The van der Waals surface area contributed by atoms with E-state index in [-0.39, 0.29) is 24.1 Å². The number of carbonyl (C=O) groups excluding carboxylic acids is 3. The number of halogens is 1. The number of rotatable bonds is 5. The predicted molar refractivity (Wildman–Crippen MR) is 118 cm³/mol. The average Bonchev–Trinajstić information content (AvgIpc) is 2.77. The van der Waals surface area contributed by atoms with Crippen LogP contribution in [0.15, 0.2) is 40.7 Å². The van der Waals surface area contributed by atoms with Crippen LogP contribution in [0.5, 0.6) is 5.75 Å². The molecule has 0 atom stereocenters. The van der Waals surface area contributed by atoms with E-state index in [2.05, 4.69) is 17.1 Å². The Kier molecular flexibility index (Phi) is 6.19. The van der Waals surface area contributed by atoms with Gasteiger partial charge in [0.05, 0.1) is 0 Å². The third kappa shape index (κ3) is 3.89. The van der Waals surface area contributed by atoms with Crippen molar-refractivity contribution in [3.63, 3.8) is 0 Å². The third-order valence-electron chi connectivity index (χ3n) is 6.32. The number of ether oxygens (including phenoxy) is 1. The van der Waals surface area contributed by atoms with Gasteiger partial charge in [0.2, 0.25) is 0 Å². The number of benzene rings is 1. The van der Waals surface area contributed by atoms with E-state index in [1.165, 1.54) is 0 Å². The van der Waals surface area contributed by atoms with Gasteiger partial charge in [-0.05, 0) is 50.8 Å². The van der Waals surface area contributed by atoms with Crippen LogP contribution in [-0.4, -0.2) is 42.6 Å². The van der Waals surface area contributed by atoms with Crippen molar-refractivity contribution < 1.29 is 19.1 Å². The molecule has 31 heavy (non-hydrogen) atoms. The van der Waals surface area contributed by atoms with Gasteiger partial charge in [-0.1, -0.05) is 11.6 Å². The van der Waals surface area contributed by atoms with Crippen LogP contribution in [0.4, 0.5) is 0 Å². The molecule has 4 rings (SSSR count). The number of amides is 1. The summed E-state index contributed by atoms with van der Waals surface area (Å²) < 4.78 is 5.83. The Bertz CT molecular complexity index is 967. The first-order valence-corrected chi connectivity index (χ1v) is 11.3. The summed E-state index contributed by atoms with van der Waals surface area (Å²) in [5.74, 6) is -0.145. The maximum Gasteiger partial charge on any atom is 0.257 e. The van der Waals surface area contributed by atoms with Gasteiger partial charge in [0.15, 0.2) is 18.2 Å². The highest BCUT2D eigenvalue weighted by Crippen LogP contribution is 2.51. The molecule has 0 saturated heterocycles. The molecule has 1 aliphatic heterocycles. The number of Topliss-reactive ketones (excluding diaryl/α,β-unsaturated/α-hetero) is 2. The Morgan fingerprint density at radius 3 is 2.26 bits per heavy atom. The highest BCUT2D eigenvalue weighted by Gasteiger charge is 2.43. The standard InChI is InChI=1S/C24H27ClN2O4/c1-3-27-16-6-4-8-18(28)23(16)22(24-17(27)7-5-9-19(24)29)15-12-14(25)10-11-20(15)31-13-21(30)26-2/h10-12,22H,3-9,13H2,1-2H3,(H,26,30). The van der Waals surface area contributed by atoms with Crippen LogP contribution in [0.2, 0.25) is 5.02 Å². The number of hydrogen-bond donors (Lipinski definition) is 1. The smallest absolute Gasteiger partial charge is 0.257 e. The molecule has 0 unspecified atom stereocenters. The van der Waals surface area contributed by atoms with Crippen molar-refractivity contribution in [2.24, 2.45) is 0 Å². The minimum atomic E-state index is -0.508. The molecule has 1 N–H and O–H groups in total. The lowest BCUT2D eigenvalue weighted by Gasteiger charge is -2.43. The number of allylic oxidation sites excluding steroid dienone is 4. The van der Waals surface area contributed by atoms with Crippen LogP contribution < -0.4 is 10.1 Å². The van der Waals surface area contributed by atoms with Crippen LogP contribution in [0.3, 0.4) is 0 Å². The second-order valence-corrected chi connectivity index (χ2v) is 8.53. The molecule has 7 heteroatoms. The summed E-state index contributed by atoms with van der Waals surface area (Å²) in [6, 6.07) is 5.18. The lowest BCUT2D eigenvalue weighted by molar-refractivity contribution is -0.122. The quantitative estimate of drug-likeness (QED) is 0.748. The third-order valence-corrected chi connectivity index (χ3v) is 6.56. The molecule has 1 aromatic rings. The highest BCUT2D eigenvalue weighted by atomic mass is 35.5. The van der Waals surface area contributed by atoms with E-state index in [1.54, 1.807) is 25.2 Å². The van der Waals surface area contributed by atoms with E-state index in [0.29, 0.717) is 40.3 Å². The Morgan fingerprint density at radius 1 is 1.10 bits per heavy atom. The molecule has 6 nitrogen and oxygen atoms in total. The van der Waals surface area contributed by atoms with Crippen molar-refractivity contribution in [2.45, 2.75) is 51.4 Å². The van der Waals surface area contributed by atoms with Crippen molar-refractivity contribution >= 4 is 29.1 Å². The molecule has 0 aromatic heterocycles. The molecule has 0 saturated carbocycles. The Morgan fingerprint density at radius 2 is 1.71 bits per heavy atom. The van der Waals surface area contributed by atoms with Crippen LogP contribution in [-0.2, 0) is 14.4 Å². The zero-order chi connectivity index (χ0) is 22.1. The summed E-state index contributed by atoms with van der Waals surface area (Å²) >= 11 is 6.36. The molecular weight excluding hydrogens is 416 g/mol. The topological polar surface area (TPSA) is 75.7 Å². The van der Waals surface area contributed by atoms with E-state index < -0.39 is 5.92 Å². The zero-order valence-corrected chi connectivity index (χ0v) is 18.7. The van der Waals surface area contributed by atoms with Gasteiger partial charge in [0, 0.05) is 65.5 Å². The molecule has 1 aromatic carbocycles. The minimum absolute atomic E-state index is 0.0758. The summed E-state index contributed by atoms with van der Waals surface area (Å²) in [6.07, 6.45) is 4.19. The molecule has 1 amide bonds. The van der Waals surface area contributed by atoms with E-state index in [1.807, 2.05) is 0 Å². The van der Waals surface area contributed by atoms with Crippen molar-refractivity contribution in [1.82, 2.24) is 10.2 Å². The Balaban J connectivity index is 1.91. The second kappa shape index (κ2) is 8.87. The normalized spacial score (nSPS) is 19.4. The lowest BCUT2D eigenvalue weighted by atomic mass is 9.70. The highest BCUT2D eigenvalue weighted by molar-refractivity contribution is 6.30. The number of hydrogen-bond acceptors (Lipinski definition) is 5. The Hall–Kier alpha value is -2.60. The van der Waals surface area contributed by atoms with Gasteiger partial charge < -0.3 is 15.0 Å². The van der Waals surface area contributed by atoms with E-state index in [9.17, 15) is 14.4 Å². The summed E-state index contributed by atoms with van der Waals surface area (Å²) in [7, 11) is 1.55. The fourth-order valence-electron chi connectivity index (χ4n) is 5.00. The van der Waals surface area contributed by atoms with Crippen LogP contribution >= 0.6 is 11.6 Å². The van der Waals surface area contributed by atoms with Gasteiger partial charge in [-0.15, -0.1) is 0 Å². The van der Waals surface area contributed by atoms with Crippen molar-refractivity contribution in [3.05, 3.63) is 51.3 Å². The molecule has 0 spiro atoms. The van der Waals surface area contributed by atoms with Gasteiger partial charge in [-0.25, -0.2) is 0 Å². The largest absolute Gasteiger partial charge is 0.483 e. The summed E-state index contributed by atoms with van der Waals surface area (Å²) in [5.41, 5.74) is 4.10. The van der Waals surface area contributed by atoms with E-state index >= 15 is 0 Å². The predicted octanol–water partition coefficient (Wildman–Crippen LogP) is 3.90. The maximum atomic E-state index is 13.2. The lowest BCUT2D eigenvalue weighted by Crippen LogP contribution is -2.39. The van der Waals surface area contributed by atoms with Crippen molar-refractivity contribution in [2.75, 3.05) is 20.2 Å². The molecule has 0 radical (unpaired) electrons.